The number of nitrogens with zero attached hydrogens (tertiary/aromatic N) is 4. The average Bonchev–Trinajstić information content (AvgIpc) is 2.75. The van der Waals surface area contributed by atoms with Crippen LogP contribution in [0.25, 0.3) is 0 Å². The van der Waals surface area contributed by atoms with Gasteiger partial charge in [0.2, 0.25) is 0 Å². The van der Waals surface area contributed by atoms with Crippen molar-refractivity contribution in [2.24, 2.45) is 0 Å². The molecule has 31 heavy (non-hydrogen) atoms. The minimum absolute atomic E-state index is 0.0300. The fourth-order valence-electron chi connectivity index (χ4n) is 3.72. The fourth-order valence-corrected chi connectivity index (χ4v) is 3.89. The number of halogens is 1. The van der Waals surface area contributed by atoms with Crippen molar-refractivity contribution < 1.29 is 9.72 Å². The number of nitrogens with one attached hydrogen (secondary N) is 1. The van der Waals surface area contributed by atoms with Gasteiger partial charge in [0.05, 0.1) is 11.0 Å². The molecule has 0 bridgehead atoms. The molecule has 9 heteroatoms. The van der Waals surface area contributed by atoms with Crippen molar-refractivity contribution in [2.75, 3.05) is 58.8 Å². The van der Waals surface area contributed by atoms with E-state index >= 15 is 0 Å². The van der Waals surface area contributed by atoms with E-state index in [2.05, 4.69) is 46.4 Å². The molecular weight excluding hydrogens is 418 g/mol. The molecule has 1 N–H and O–H groups in total. The number of amides is 1. The summed E-state index contributed by atoms with van der Waals surface area (Å²) in [5, 5.41) is 14.5. The summed E-state index contributed by atoms with van der Waals surface area (Å²) in [5.74, 6) is -0.502. The lowest BCUT2D eigenvalue weighted by Crippen LogP contribution is -2.48. The van der Waals surface area contributed by atoms with Crippen LogP contribution in [0.3, 0.4) is 0 Å². The van der Waals surface area contributed by atoms with Crippen molar-refractivity contribution in [3.05, 3.63) is 68.7 Å². The van der Waals surface area contributed by atoms with Gasteiger partial charge in [0.1, 0.15) is 5.56 Å². The van der Waals surface area contributed by atoms with Gasteiger partial charge in [0.15, 0.2) is 0 Å². The molecule has 0 spiro atoms. The molecule has 2 aromatic rings. The van der Waals surface area contributed by atoms with E-state index in [4.69, 9.17) is 11.6 Å². The highest BCUT2D eigenvalue weighted by atomic mass is 35.5. The van der Waals surface area contributed by atoms with Gasteiger partial charge in [-0.2, -0.15) is 0 Å². The molecule has 1 aliphatic heterocycles. The lowest BCUT2D eigenvalue weighted by atomic mass is 10.0. The molecule has 1 unspecified atom stereocenters. The second-order valence-electron chi connectivity index (χ2n) is 7.97. The summed E-state index contributed by atoms with van der Waals surface area (Å²) in [6.07, 6.45) is 0. The lowest BCUT2D eigenvalue weighted by molar-refractivity contribution is -0.385. The van der Waals surface area contributed by atoms with Crippen LogP contribution in [0.2, 0.25) is 5.02 Å². The van der Waals surface area contributed by atoms with Gasteiger partial charge in [-0.3, -0.25) is 19.8 Å². The Balaban J connectivity index is 1.81. The number of hydrogen-bond donors (Lipinski definition) is 1. The van der Waals surface area contributed by atoms with Gasteiger partial charge < -0.3 is 15.1 Å². The fraction of sp³-hybridized carbons (Fsp3) is 0.409. The summed E-state index contributed by atoms with van der Waals surface area (Å²) in [4.78, 5) is 30.2. The minimum atomic E-state index is -0.566. The maximum Gasteiger partial charge on any atom is 0.282 e. The van der Waals surface area contributed by atoms with Gasteiger partial charge in [-0.1, -0.05) is 23.7 Å². The molecule has 2 aromatic carbocycles. The topological polar surface area (TPSA) is 82.0 Å². The van der Waals surface area contributed by atoms with Crippen LogP contribution in [0.1, 0.15) is 22.0 Å². The summed E-state index contributed by atoms with van der Waals surface area (Å²) in [7, 11) is 6.08. The third kappa shape index (κ3) is 5.72. The lowest BCUT2D eigenvalue weighted by Gasteiger charge is -2.38. The van der Waals surface area contributed by atoms with Gasteiger partial charge in [0, 0.05) is 63.6 Å². The Bertz CT molecular complexity index is 927. The summed E-state index contributed by atoms with van der Waals surface area (Å²) < 4.78 is 0. The number of rotatable bonds is 7. The van der Waals surface area contributed by atoms with E-state index in [-0.39, 0.29) is 22.3 Å². The Morgan fingerprint density at radius 3 is 2.39 bits per heavy atom. The number of benzene rings is 2. The molecule has 166 valence electrons. The molecule has 8 nitrogen and oxygen atoms in total. The van der Waals surface area contributed by atoms with Crippen molar-refractivity contribution in [3.63, 3.8) is 0 Å². The van der Waals surface area contributed by atoms with E-state index in [9.17, 15) is 14.9 Å². The summed E-state index contributed by atoms with van der Waals surface area (Å²) >= 11 is 5.98. The molecule has 1 saturated heterocycles. The Hall–Kier alpha value is -2.68. The number of nitro groups is 1. The minimum Gasteiger partial charge on any atom is -0.378 e. The van der Waals surface area contributed by atoms with Gasteiger partial charge >= 0.3 is 0 Å². The number of anilines is 1. The van der Waals surface area contributed by atoms with Gasteiger partial charge in [-0.25, -0.2) is 0 Å². The largest absolute Gasteiger partial charge is 0.378 e. The van der Waals surface area contributed by atoms with Crippen molar-refractivity contribution >= 4 is 28.9 Å². The molecule has 3 rings (SSSR count). The monoisotopic (exact) mass is 445 g/mol. The first-order valence-corrected chi connectivity index (χ1v) is 10.6. The molecule has 1 atom stereocenters. The first-order chi connectivity index (χ1) is 14.8. The maximum atomic E-state index is 12.8. The molecule has 0 aromatic heterocycles. The van der Waals surface area contributed by atoms with Crippen molar-refractivity contribution in [3.8, 4) is 0 Å². The highest BCUT2D eigenvalue weighted by molar-refractivity contribution is 6.31. The number of carbonyl (C=O) groups excluding carboxylic acids is 1. The number of carbonyl (C=O) groups is 1. The highest BCUT2D eigenvalue weighted by Crippen LogP contribution is 2.26. The number of hydrogen-bond acceptors (Lipinski definition) is 6. The average molecular weight is 446 g/mol. The molecule has 1 heterocycles. The molecule has 1 fully saturated rings. The molecule has 1 aliphatic rings. The first-order valence-electron chi connectivity index (χ1n) is 10.2. The van der Waals surface area contributed by atoms with Crippen LogP contribution in [0.5, 0.6) is 0 Å². The van der Waals surface area contributed by atoms with Gasteiger partial charge in [0.25, 0.3) is 11.6 Å². The van der Waals surface area contributed by atoms with Crippen LogP contribution in [0.15, 0.2) is 42.5 Å². The first kappa shape index (κ1) is 23.0. The number of likely N-dealkylation sites (N-methyl/N-ethyl adjacent to an activating group) is 1. The molecular formula is C22H28ClN5O3. The van der Waals surface area contributed by atoms with Crippen LogP contribution in [0.4, 0.5) is 11.4 Å². The highest BCUT2D eigenvalue weighted by Gasteiger charge is 2.26. The van der Waals surface area contributed by atoms with Crippen LogP contribution in [-0.2, 0) is 0 Å². The maximum absolute atomic E-state index is 12.8. The number of piperazine rings is 1. The Morgan fingerprint density at radius 1 is 1.16 bits per heavy atom. The quantitative estimate of drug-likeness (QED) is 0.521. The van der Waals surface area contributed by atoms with E-state index in [1.807, 2.05) is 19.0 Å². The molecule has 0 aliphatic carbocycles. The zero-order chi connectivity index (χ0) is 22.5. The number of nitro benzene ring substituents is 1. The zero-order valence-corrected chi connectivity index (χ0v) is 18.8. The van der Waals surface area contributed by atoms with E-state index in [0.717, 1.165) is 37.4 Å². The van der Waals surface area contributed by atoms with Gasteiger partial charge in [-0.05, 0) is 36.9 Å². The van der Waals surface area contributed by atoms with Crippen LogP contribution >= 0.6 is 11.6 Å². The summed E-state index contributed by atoms with van der Waals surface area (Å²) in [6.45, 7) is 3.99. The SMILES string of the molecule is CN1CCN(C(CNC(=O)c2cc(Cl)ccc2[N+](=O)[O-])c2ccc(N(C)C)cc2)CC1. The standard InChI is InChI=1S/C22H28ClN5O3/c1-25(2)18-7-4-16(5-8-18)21(27-12-10-26(3)11-13-27)15-24-22(29)19-14-17(23)6-9-20(19)28(30)31/h4-9,14,21H,10-13,15H2,1-3H3,(H,24,29). The van der Waals surface area contributed by atoms with Crippen molar-refractivity contribution in [1.82, 2.24) is 15.1 Å². The second kappa shape index (κ2) is 10.1. The van der Waals surface area contributed by atoms with E-state index in [1.165, 1.54) is 18.2 Å². The van der Waals surface area contributed by atoms with Crippen LogP contribution in [-0.4, -0.2) is 74.5 Å². The molecule has 0 saturated carbocycles. The third-order valence-corrected chi connectivity index (χ3v) is 5.86. The molecule has 1 amide bonds. The third-order valence-electron chi connectivity index (χ3n) is 5.63. The normalized spacial score (nSPS) is 16.0. The molecule has 0 radical (unpaired) electrons. The zero-order valence-electron chi connectivity index (χ0n) is 18.0. The smallest absolute Gasteiger partial charge is 0.282 e. The Labute approximate surface area is 187 Å². The second-order valence-corrected chi connectivity index (χ2v) is 8.41. The van der Waals surface area contributed by atoms with Gasteiger partial charge in [-0.15, -0.1) is 0 Å². The predicted octanol–water partition coefficient (Wildman–Crippen LogP) is 3.03. The van der Waals surface area contributed by atoms with E-state index < -0.39 is 10.8 Å². The van der Waals surface area contributed by atoms with E-state index in [1.54, 1.807) is 0 Å². The van der Waals surface area contributed by atoms with E-state index in [0.29, 0.717) is 6.54 Å². The van der Waals surface area contributed by atoms with Crippen LogP contribution in [0, 0.1) is 10.1 Å². The predicted molar refractivity (Wildman–Crippen MR) is 123 cm³/mol. The Morgan fingerprint density at radius 2 is 1.81 bits per heavy atom. The van der Waals surface area contributed by atoms with Crippen molar-refractivity contribution in [2.45, 2.75) is 6.04 Å². The van der Waals surface area contributed by atoms with Crippen molar-refractivity contribution in [1.29, 1.82) is 0 Å². The summed E-state index contributed by atoms with van der Waals surface area (Å²) in [5.41, 5.74) is 1.90. The Kier molecular flexibility index (Phi) is 7.48. The summed E-state index contributed by atoms with van der Waals surface area (Å²) in [6, 6.07) is 12.2. The van der Waals surface area contributed by atoms with Crippen LogP contribution < -0.4 is 10.2 Å².